The highest BCUT2D eigenvalue weighted by Gasteiger charge is 2.26. The fraction of sp³-hybridized carbons (Fsp3) is 0.0870. The van der Waals surface area contributed by atoms with Gasteiger partial charge in [0.25, 0.3) is 5.91 Å². The fourth-order valence-corrected chi connectivity index (χ4v) is 3.71. The van der Waals surface area contributed by atoms with Gasteiger partial charge in [0, 0.05) is 40.3 Å². The molecule has 2 N–H and O–H groups in total. The van der Waals surface area contributed by atoms with E-state index in [1.807, 2.05) is 6.92 Å². The smallest absolute Gasteiger partial charge is 0.256 e. The number of nitrogens with one attached hydrogen (secondary N) is 1. The van der Waals surface area contributed by atoms with E-state index >= 15 is 0 Å². The molecule has 0 bridgehead atoms. The van der Waals surface area contributed by atoms with Crippen LogP contribution in [0, 0.1) is 0 Å². The van der Waals surface area contributed by atoms with Crippen molar-refractivity contribution in [1.82, 2.24) is 4.98 Å². The van der Waals surface area contributed by atoms with Crippen LogP contribution in [0.15, 0.2) is 59.3 Å². The summed E-state index contributed by atoms with van der Waals surface area (Å²) in [6, 6.07) is 11.8. The third-order valence-electron chi connectivity index (χ3n) is 4.67. The van der Waals surface area contributed by atoms with Crippen LogP contribution >= 0.6 is 15.9 Å². The van der Waals surface area contributed by atoms with Crippen molar-refractivity contribution in [2.75, 3.05) is 11.9 Å². The van der Waals surface area contributed by atoms with E-state index in [2.05, 4.69) is 26.2 Å². The van der Waals surface area contributed by atoms with Crippen molar-refractivity contribution >= 4 is 45.0 Å². The Bertz CT molecular complexity index is 1190. The van der Waals surface area contributed by atoms with E-state index in [0.29, 0.717) is 50.3 Å². The standard InChI is InChI=1S/C23H17BrN2O4/c1-2-30-20-11-13(10-18(24)22(20)28)9-17-16-12-15(3-4-19(16)26-23(17)29)21(27)14-5-7-25-8-6-14/h3-12,28H,2H2,1H3,(H,26,29). The first kappa shape index (κ1) is 19.8. The number of amides is 1. The second-order valence-electron chi connectivity index (χ2n) is 6.62. The highest BCUT2D eigenvalue weighted by Crippen LogP contribution is 2.38. The van der Waals surface area contributed by atoms with Crippen molar-refractivity contribution < 1.29 is 19.4 Å². The zero-order valence-corrected chi connectivity index (χ0v) is 17.6. The largest absolute Gasteiger partial charge is 0.503 e. The molecule has 7 heteroatoms. The lowest BCUT2D eigenvalue weighted by molar-refractivity contribution is -0.110. The quantitative estimate of drug-likeness (QED) is 0.422. The molecule has 0 saturated heterocycles. The molecule has 3 aromatic rings. The molecule has 0 fully saturated rings. The average Bonchev–Trinajstić information content (AvgIpc) is 3.06. The lowest BCUT2D eigenvalue weighted by atomic mass is 9.98. The number of aromatic nitrogens is 1. The average molecular weight is 465 g/mol. The molecule has 2 aromatic carbocycles. The molecule has 6 nitrogen and oxygen atoms in total. The van der Waals surface area contributed by atoms with Gasteiger partial charge in [0.1, 0.15) is 0 Å². The van der Waals surface area contributed by atoms with Crippen LogP contribution < -0.4 is 10.1 Å². The Kier molecular flexibility index (Phi) is 5.37. The fourth-order valence-electron chi connectivity index (χ4n) is 3.25. The summed E-state index contributed by atoms with van der Waals surface area (Å²) in [6.45, 7) is 2.21. The molecule has 30 heavy (non-hydrogen) atoms. The van der Waals surface area contributed by atoms with Crippen molar-refractivity contribution in [1.29, 1.82) is 0 Å². The summed E-state index contributed by atoms with van der Waals surface area (Å²) in [5, 5.41) is 12.9. The van der Waals surface area contributed by atoms with Gasteiger partial charge in [-0.25, -0.2) is 0 Å². The second kappa shape index (κ2) is 8.12. The van der Waals surface area contributed by atoms with Gasteiger partial charge >= 0.3 is 0 Å². The van der Waals surface area contributed by atoms with Gasteiger partial charge in [0.2, 0.25) is 0 Å². The van der Waals surface area contributed by atoms with Gasteiger partial charge in [0.05, 0.1) is 11.1 Å². The summed E-state index contributed by atoms with van der Waals surface area (Å²) in [5.41, 5.74) is 3.38. The summed E-state index contributed by atoms with van der Waals surface area (Å²) in [7, 11) is 0. The third-order valence-corrected chi connectivity index (χ3v) is 5.27. The molecule has 1 aromatic heterocycles. The Labute approximate surface area is 181 Å². The van der Waals surface area contributed by atoms with Crippen molar-refractivity contribution in [3.63, 3.8) is 0 Å². The maximum atomic E-state index is 12.8. The molecule has 0 spiro atoms. The number of benzene rings is 2. The minimum absolute atomic E-state index is 0.000470. The predicted octanol–water partition coefficient (Wildman–Crippen LogP) is 4.67. The van der Waals surface area contributed by atoms with E-state index < -0.39 is 0 Å². The number of carbonyl (C=O) groups excluding carboxylic acids is 2. The molecule has 0 saturated carbocycles. The number of phenols is 1. The van der Waals surface area contributed by atoms with Gasteiger partial charge in [0.15, 0.2) is 17.3 Å². The molecule has 0 unspecified atom stereocenters. The van der Waals surface area contributed by atoms with Gasteiger partial charge in [-0.3, -0.25) is 14.6 Å². The van der Waals surface area contributed by atoms with E-state index in [1.165, 1.54) is 0 Å². The van der Waals surface area contributed by atoms with Gasteiger partial charge in [-0.15, -0.1) is 0 Å². The van der Waals surface area contributed by atoms with E-state index in [9.17, 15) is 14.7 Å². The zero-order valence-electron chi connectivity index (χ0n) is 16.0. The topological polar surface area (TPSA) is 88.5 Å². The minimum atomic E-state index is -0.263. The van der Waals surface area contributed by atoms with Crippen LogP contribution in [0.2, 0.25) is 0 Å². The molecular formula is C23H17BrN2O4. The number of anilines is 1. The van der Waals surface area contributed by atoms with Crippen LogP contribution in [0.3, 0.4) is 0 Å². The number of nitrogens with zero attached hydrogens (tertiary/aromatic N) is 1. The van der Waals surface area contributed by atoms with Crippen molar-refractivity contribution in [2.24, 2.45) is 0 Å². The van der Waals surface area contributed by atoms with Gasteiger partial charge in [-0.1, -0.05) is 0 Å². The van der Waals surface area contributed by atoms with E-state index in [0.717, 1.165) is 0 Å². The Morgan fingerprint density at radius 2 is 1.93 bits per heavy atom. The van der Waals surface area contributed by atoms with Crippen LogP contribution in [0.4, 0.5) is 5.69 Å². The molecule has 4 rings (SSSR count). The second-order valence-corrected chi connectivity index (χ2v) is 7.47. The summed E-state index contributed by atoms with van der Waals surface area (Å²) in [6.07, 6.45) is 4.83. The zero-order chi connectivity index (χ0) is 21.3. The molecule has 0 radical (unpaired) electrons. The first-order valence-corrected chi connectivity index (χ1v) is 10.0. The van der Waals surface area contributed by atoms with Crippen LogP contribution in [-0.2, 0) is 4.79 Å². The molecule has 0 atom stereocenters. The number of phenolic OH excluding ortho intramolecular Hbond substituents is 1. The summed E-state index contributed by atoms with van der Waals surface area (Å²) < 4.78 is 5.92. The summed E-state index contributed by atoms with van der Waals surface area (Å²) in [4.78, 5) is 29.3. The van der Waals surface area contributed by atoms with Crippen molar-refractivity contribution in [3.8, 4) is 11.5 Å². The molecule has 2 heterocycles. The number of ether oxygens (including phenoxy) is 1. The maximum Gasteiger partial charge on any atom is 0.256 e. The van der Waals surface area contributed by atoms with Gasteiger partial charge < -0.3 is 15.2 Å². The monoisotopic (exact) mass is 464 g/mol. The maximum absolute atomic E-state index is 12.8. The molecule has 1 aliphatic heterocycles. The molecule has 0 aliphatic carbocycles. The van der Waals surface area contributed by atoms with Gasteiger partial charge in [-0.2, -0.15) is 0 Å². The first-order valence-electron chi connectivity index (χ1n) is 9.25. The molecule has 1 aliphatic rings. The normalized spacial score (nSPS) is 13.8. The lowest BCUT2D eigenvalue weighted by Crippen LogP contribution is -2.03. The van der Waals surface area contributed by atoms with Crippen molar-refractivity contribution in [3.05, 3.63) is 81.6 Å². The Morgan fingerprint density at radius 1 is 1.17 bits per heavy atom. The summed E-state index contributed by atoms with van der Waals surface area (Å²) >= 11 is 3.31. The van der Waals surface area contributed by atoms with Crippen LogP contribution in [0.25, 0.3) is 11.6 Å². The van der Waals surface area contributed by atoms with Gasteiger partial charge in [-0.05, 0) is 77.0 Å². The number of carbonyl (C=O) groups is 2. The molecule has 1 amide bonds. The highest BCUT2D eigenvalue weighted by molar-refractivity contribution is 9.10. The van der Waals surface area contributed by atoms with Crippen LogP contribution in [-0.4, -0.2) is 28.4 Å². The SMILES string of the molecule is CCOc1cc(C=C2C(=O)Nc3ccc(C(=O)c4ccncc4)cc32)cc(Br)c1O. The number of hydrogen-bond donors (Lipinski definition) is 2. The number of rotatable bonds is 5. The number of aromatic hydroxyl groups is 1. The van der Waals surface area contributed by atoms with Crippen LogP contribution in [0.1, 0.15) is 34.0 Å². The number of fused-ring (bicyclic) bond motifs is 1. The number of ketones is 1. The predicted molar refractivity (Wildman–Crippen MR) is 118 cm³/mol. The molecular weight excluding hydrogens is 448 g/mol. The highest BCUT2D eigenvalue weighted by atomic mass is 79.9. The van der Waals surface area contributed by atoms with Crippen molar-refractivity contribution in [2.45, 2.75) is 6.92 Å². The Balaban J connectivity index is 1.76. The third kappa shape index (κ3) is 3.71. The minimum Gasteiger partial charge on any atom is -0.503 e. The van der Waals surface area contributed by atoms with E-state index in [1.54, 1.807) is 60.9 Å². The van der Waals surface area contributed by atoms with E-state index in [-0.39, 0.29) is 17.4 Å². The number of halogens is 1. The summed E-state index contributed by atoms with van der Waals surface area (Å²) in [5.74, 6) is -0.0925. The van der Waals surface area contributed by atoms with Crippen LogP contribution in [0.5, 0.6) is 11.5 Å². The number of pyridine rings is 1. The number of hydrogen-bond acceptors (Lipinski definition) is 5. The lowest BCUT2D eigenvalue weighted by Gasteiger charge is -2.09. The van der Waals surface area contributed by atoms with E-state index in [4.69, 9.17) is 4.74 Å². The Hall–Kier alpha value is -3.45. The first-order chi connectivity index (χ1) is 14.5. The molecule has 150 valence electrons. The Morgan fingerprint density at radius 3 is 2.67 bits per heavy atom.